The van der Waals surface area contributed by atoms with Crippen LogP contribution in [0.3, 0.4) is 0 Å². The van der Waals surface area contributed by atoms with E-state index < -0.39 is 29.3 Å². The smallest absolute Gasteiger partial charge is 0.274 e. The Morgan fingerprint density at radius 3 is 2.32 bits per heavy atom. The number of ether oxygens (including phenoxy) is 1. The number of rotatable bonds is 5. The van der Waals surface area contributed by atoms with Crippen LogP contribution in [0.4, 0.5) is 8.78 Å². The van der Waals surface area contributed by atoms with Crippen molar-refractivity contribution in [2.24, 2.45) is 14.1 Å². The van der Waals surface area contributed by atoms with Gasteiger partial charge in [-0.05, 0) is 38.0 Å². The lowest BCUT2D eigenvalue weighted by Crippen LogP contribution is -2.39. The van der Waals surface area contributed by atoms with Crippen molar-refractivity contribution in [3.05, 3.63) is 80.3 Å². The molecule has 1 unspecified atom stereocenters. The van der Waals surface area contributed by atoms with Crippen molar-refractivity contribution in [2.45, 2.75) is 38.7 Å². The molecule has 1 aliphatic carbocycles. The largest absolute Gasteiger partial charge is 0.455 e. The predicted molar refractivity (Wildman–Crippen MR) is 136 cm³/mol. The van der Waals surface area contributed by atoms with E-state index in [0.717, 1.165) is 11.1 Å². The number of amides is 1. The van der Waals surface area contributed by atoms with E-state index in [9.17, 15) is 23.2 Å². The minimum absolute atomic E-state index is 0.0375. The van der Waals surface area contributed by atoms with Crippen LogP contribution < -0.4 is 21.2 Å². The summed E-state index contributed by atoms with van der Waals surface area (Å²) >= 11 is 0. The molecule has 192 valence electrons. The van der Waals surface area contributed by atoms with Gasteiger partial charge in [-0.3, -0.25) is 14.4 Å². The number of pyridine rings is 2. The lowest BCUT2D eigenvalue weighted by molar-refractivity contribution is 0.0709. The maximum atomic E-state index is 13.7. The van der Waals surface area contributed by atoms with E-state index >= 15 is 0 Å². The lowest BCUT2D eigenvalue weighted by Gasteiger charge is -2.17. The standard InChI is InChI=1S/C27H26F2N4O4/c1-14-7-6-8-15(2)23(14)37-20-12-32(4)21(34)10-16(20)18-11-33(5)25(36)22-17(18)9-19(30-22)24(35)31-26(3)13-27(26,28)29/h6-12,30H,13H2,1-5H3,(H,31,35). The van der Waals surface area contributed by atoms with Gasteiger partial charge in [-0.1, -0.05) is 18.2 Å². The van der Waals surface area contributed by atoms with Crippen LogP contribution in [0, 0.1) is 13.8 Å². The van der Waals surface area contributed by atoms with Crippen LogP contribution in [0.25, 0.3) is 22.0 Å². The fraction of sp³-hybridized carbons (Fsp3) is 0.296. The summed E-state index contributed by atoms with van der Waals surface area (Å²) in [6.07, 6.45) is 2.67. The van der Waals surface area contributed by atoms with Gasteiger partial charge in [0.2, 0.25) is 0 Å². The van der Waals surface area contributed by atoms with E-state index in [0.29, 0.717) is 28.0 Å². The van der Waals surface area contributed by atoms with Gasteiger partial charge in [0.25, 0.3) is 22.9 Å². The fourth-order valence-corrected chi connectivity index (χ4v) is 4.49. The van der Waals surface area contributed by atoms with Crippen molar-refractivity contribution in [3.8, 4) is 22.6 Å². The van der Waals surface area contributed by atoms with Crippen LogP contribution in [0.5, 0.6) is 11.5 Å². The first-order chi connectivity index (χ1) is 17.3. The molecule has 37 heavy (non-hydrogen) atoms. The maximum Gasteiger partial charge on any atom is 0.274 e. The van der Waals surface area contributed by atoms with Gasteiger partial charge in [-0.25, -0.2) is 8.78 Å². The third kappa shape index (κ3) is 4.02. The highest BCUT2D eigenvalue weighted by Crippen LogP contribution is 2.52. The van der Waals surface area contributed by atoms with Crippen LogP contribution >= 0.6 is 0 Å². The quantitative estimate of drug-likeness (QED) is 0.423. The van der Waals surface area contributed by atoms with Crippen LogP contribution in [0.15, 0.2) is 52.3 Å². The molecule has 3 heterocycles. The number of aromatic amines is 1. The van der Waals surface area contributed by atoms with Gasteiger partial charge in [0.1, 0.15) is 22.5 Å². The number of para-hydroxylation sites is 1. The molecule has 0 saturated heterocycles. The minimum atomic E-state index is -2.99. The number of H-pyrrole nitrogens is 1. The summed E-state index contributed by atoms with van der Waals surface area (Å²) in [5.41, 5.74) is 0.402. The summed E-state index contributed by atoms with van der Waals surface area (Å²) in [7, 11) is 3.15. The van der Waals surface area contributed by atoms with E-state index in [4.69, 9.17) is 4.74 Å². The van der Waals surface area contributed by atoms with E-state index in [1.165, 1.54) is 28.2 Å². The third-order valence-electron chi connectivity index (χ3n) is 6.96. The van der Waals surface area contributed by atoms with E-state index in [2.05, 4.69) is 10.3 Å². The van der Waals surface area contributed by atoms with Gasteiger partial charge in [0.15, 0.2) is 5.75 Å². The number of nitrogens with zero attached hydrogens (tertiary/aromatic N) is 2. The van der Waals surface area contributed by atoms with Gasteiger partial charge in [-0.15, -0.1) is 0 Å². The Bertz CT molecular complexity index is 1700. The molecule has 0 spiro atoms. The van der Waals surface area contributed by atoms with Crippen LogP contribution in [-0.4, -0.2) is 31.5 Å². The molecule has 1 amide bonds. The molecule has 3 aromatic heterocycles. The molecule has 1 aromatic carbocycles. The zero-order valence-electron chi connectivity index (χ0n) is 21.0. The van der Waals surface area contributed by atoms with Crippen molar-refractivity contribution in [1.29, 1.82) is 0 Å². The molecule has 5 rings (SSSR count). The molecular weight excluding hydrogens is 482 g/mol. The molecule has 0 aliphatic heterocycles. The number of aryl methyl sites for hydroxylation is 4. The number of fused-ring (bicyclic) bond motifs is 1. The zero-order chi connectivity index (χ0) is 26.9. The Hall–Kier alpha value is -4.21. The van der Waals surface area contributed by atoms with Crippen LogP contribution in [-0.2, 0) is 14.1 Å². The topological polar surface area (TPSA) is 98.1 Å². The summed E-state index contributed by atoms with van der Waals surface area (Å²) in [6, 6.07) is 8.58. The summed E-state index contributed by atoms with van der Waals surface area (Å²) in [4.78, 5) is 41.2. The molecule has 1 atom stereocenters. The summed E-state index contributed by atoms with van der Waals surface area (Å²) < 4.78 is 36.4. The number of halogens is 2. The number of benzene rings is 1. The SMILES string of the molecule is Cc1cccc(C)c1Oc1cn(C)c(=O)cc1-c1cn(C)c(=O)c2[nH]c(C(=O)NC3(C)CC3(F)F)cc12. The third-order valence-corrected chi connectivity index (χ3v) is 6.96. The number of hydrogen-bond acceptors (Lipinski definition) is 4. The Morgan fingerprint density at radius 1 is 1.05 bits per heavy atom. The maximum absolute atomic E-state index is 13.7. The molecule has 0 bridgehead atoms. The number of carbonyl (C=O) groups is 1. The number of hydrogen-bond donors (Lipinski definition) is 2. The highest BCUT2D eigenvalue weighted by Gasteiger charge is 2.69. The number of carbonyl (C=O) groups excluding carboxylic acids is 1. The van der Waals surface area contributed by atoms with E-state index in [1.54, 1.807) is 26.5 Å². The van der Waals surface area contributed by atoms with Gasteiger partial charge >= 0.3 is 0 Å². The second kappa shape index (κ2) is 8.16. The average Bonchev–Trinajstić information content (AvgIpc) is 3.13. The summed E-state index contributed by atoms with van der Waals surface area (Å²) in [5.74, 6) is -2.73. The zero-order valence-corrected chi connectivity index (χ0v) is 21.0. The molecule has 0 radical (unpaired) electrons. The molecular formula is C27H26F2N4O4. The van der Waals surface area contributed by atoms with E-state index in [1.807, 2.05) is 32.0 Å². The monoisotopic (exact) mass is 508 g/mol. The average molecular weight is 509 g/mol. The normalized spacial score (nSPS) is 18.1. The van der Waals surface area contributed by atoms with Gasteiger partial charge < -0.3 is 24.2 Å². The molecule has 1 aliphatic rings. The van der Waals surface area contributed by atoms with Crippen molar-refractivity contribution in [1.82, 2.24) is 19.4 Å². The Labute approximate surface area is 210 Å². The lowest BCUT2D eigenvalue weighted by atomic mass is 10.0. The highest BCUT2D eigenvalue weighted by molar-refractivity contribution is 6.03. The molecule has 1 fully saturated rings. The van der Waals surface area contributed by atoms with Crippen LogP contribution in [0.2, 0.25) is 0 Å². The first-order valence-electron chi connectivity index (χ1n) is 11.7. The second-order valence-electron chi connectivity index (χ2n) is 9.92. The Balaban J connectivity index is 1.67. The van der Waals surface area contributed by atoms with Gasteiger partial charge in [-0.2, -0.15) is 0 Å². The predicted octanol–water partition coefficient (Wildman–Crippen LogP) is 4.17. The van der Waals surface area contributed by atoms with E-state index in [-0.39, 0.29) is 16.8 Å². The number of nitrogens with one attached hydrogen (secondary N) is 2. The second-order valence-corrected chi connectivity index (χ2v) is 9.92. The van der Waals surface area contributed by atoms with Crippen molar-refractivity contribution < 1.29 is 18.3 Å². The number of aromatic nitrogens is 3. The number of alkyl halides is 2. The molecule has 1 saturated carbocycles. The molecule has 2 N–H and O–H groups in total. The first kappa shape index (κ1) is 24.5. The first-order valence-corrected chi connectivity index (χ1v) is 11.7. The van der Waals surface area contributed by atoms with Crippen LogP contribution in [0.1, 0.15) is 35.0 Å². The van der Waals surface area contributed by atoms with Gasteiger partial charge in [0.05, 0.1) is 6.20 Å². The molecule has 10 heteroatoms. The van der Waals surface area contributed by atoms with Gasteiger partial charge in [0, 0.05) is 49.3 Å². The molecule has 8 nitrogen and oxygen atoms in total. The summed E-state index contributed by atoms with van der Waals surface area (Å²) in [5, 5.41) is 2.72. The molecule has 4 aromatic rings. The highest BCUT2D eigenvalue weighted by atomic mass is 19.3. The fourth-order valence-electron chi connectivity index (χ4n) is 4.49. The van der Waals surface area contributed by atoms with Crippen molar-refractivity contribution >= 4 is 16.8 Å². The van der Waals surface area contributed by atoms with Crippen molar-refractivity contribution in [2.75, 3.05) is 0 Å². The Kier molecular flexibility index (Phi) is 5.40. The van der Waals surface area contributed by atoms with Crippen molar-refractivity contribution in [3.63, 3.8) is 0 Å². The summed E-state index contributed by atoms with van der Waals surface area (Å²) in [6.45, 7) is 5.10. The minimum Gasteiger partial charge on any atom is -0.455 e. The Morgan fingerprint density at radius 2 is 1.70 bits per heavy atom.